The molecule has 0 saturated carbocycles. The van der Waals surface area contributed by atoms with E-state index in [4.69, 9.17) is 0 Å². The summed E-state index contributed by atoms with van der Waals surface area (Å²) in [5.74, 6) is -3.78. The van der Waals surface area contributed by atoms with Crippen molar-refractivity contribution < 1.29 is 18.4 Å². The Morgan fingerprint density at radius 3 is 2.75 bits per heavy atom. The number of hydrogen-bond donors (Lipinski definition) is 3. The Morgan fingerprint density at radius 2 is 1.96 bits per heavy atom. The van der Waals surface area contributed by atoms with Crippen LogP contribution in [-0.2, 0) is 9.59 Å². The number of carbonyl (C=O) groups excluding carboxylic acids is 2. The lowest BCUT2D eigenvalue weighted by atomic mass is 10.0. The van der Waals surface area contributed by atoms with Gasteiger partial charge in [0.15, 0.2) is 16.8 Å². The van der Waals surface area contributed by atoms with E-state index in [2.05, 4.69) is 20.9 Å². The van der Waals surface area contributed by atoms with Crippen LogP contribution in [0, 0.1) is 11.6 Å². The first kappa shape index (κ1) is 18.1. The summed E-state index contributed by atoms with van der Waals surface area (Å²) in [7, 11) is 0. The molecule has 28 heavy (non-hydrogen) atoms. The molecule has 0 aliphatic carbocycles. The number of hydrogen-bond acceptors (Lipinski definition) is 6. The number of fused-ring (bicyclic) bond motifs is 1. The SMILES string of the molecule is CCNc1nc2ccc(NC3=C(c4cccc(F)c4F)C(=O)NC3=O)cc2s1. The minimum atomic E-state index is -1.19. The first-order valence-corrected chi connectivity index (χ1v) is 9.25. The minimum absolute atomic E-state index is 0.134. The number of rotatable bonds is 5. The number of benzene rings is 2. The summed E-state index contributed by atoms with van der Waals surface area (Å²) < 4.78 is 28.7. The molecule has 4 rings (SSSR count). The lowest BCUT2D eigenvalue weighted by Crippen LogP contribution is -2.24. The second kappa shape index (κ2) is 7.01. The Balaban J connectivity index is 1.76. The van der Waals surface area contributed by atoms with Gasteiger partial charge < -0.3 is 10.6 Å². The fourth-order valence-electron chi connectivity index (χ4n) is 2.90. The van der Waals surface area contributed by atoms with Crippen LogP contribution in [0.2, 0.25) is 0 Å². The molecular weight excluding hydrogens is 386 g/mol. The number of anilines is 2. The molecule has 0 unspecified atom stereocenters. The van der Waals surface area contributed by atoms with Gasteiger partial charge in [-0.3, -0.25) is 14.9 Å². The molecule has 142 valence electrons. The lowest BCUT2D eigenvalue weighted by Gasteiger charge is -2.09. The number of carbonyl (C=O) groups is 2. The van der Waals surface area contributed by atoms with Crippen LogP contribution >= 0.6 is 11.3 Å². The highest BCUT2D eigenvalue weighted by Crippen LogP contribution is 2.31. The highest BCUT2D eigenvalue weighted by molar-refractivity contribution is 7.22. The normalized spacial score (nSPS) is 14.0. The summed E-state index contributed by atoms with van der Waals surface area (Å²) in [6.45, 7) is 2.71. The maximum atomic E-state index is 14.2. The van der Waals surface area contributed by atoms with Crippen LogP contribution in [-0.4, -0.2) is 23.3 Å². The molecule has 0 saturated heterocycles. The van der Waals surface area contributed by atoms with Gasteiger partial charge in [-0.25, -0.2) is 13.8 Å². The van der Waals surface area contributed by atoms with E-state index in [0.717, 1.165) is 28.0 Å². The molecule has 0 radical (unpaired) electrons. The highest BCUT2D eigenvalue weighted by atomic mass is 32.1. The second-order valence-corrected chi connectivity index (χ2v) is 7.02. The molecule has 1 aromatic heterocycles. The Morgan fingerprint density at radius 1 is 1.14 bits per heavy atom. The molecule has 2 aromatic carbocycles. The summed E-state index contributed by atoms with van der Waals surface area (Å²) in [5, 5.41) is 8.89. The highest BCUT2D eigenvalue weighted by Gasteiger charge is 2.33. The predicted molar refractivity (Wildman–Crippen MR) is 104 cm³/mol. The second-order valence-electron chi connectivity index (χ2n) is 5.99. The number of amides is 2. The first-order valence-electron chi connectivity index (χ1n) is 8.43. The molecule has 0 fully saturated rings. The third kappa shape index (κ3) is 3.09. The van der Waals surface area contributed by atoms with Crippen LogP contribution < -0.4 is 16.0 Å². The molecule has 3 N–H and O–H groups in total. The fourth-order valence-corrected chi connectivity index (χ4v) is 3.87. The van der Waals surface area contributed by atoms with Crippen molar-refractivity contribution in [2.45, 2.75) is 6.92 Å². The fraction of sp³-hybridized carbons (Fsp3) is 0.105. The van der Waals surface area contributed by atoms with Gasteiger partial charge in [0.25, 0.3) is 11.8 Å². The van der Waals surface area contributed by atoms with Crippen LogP contribution in [0.1, 0.15) is 12.5 Å². The Kier molecular flexibility index (Phi) is 4.52. The smallest absolute Gasteiger partial charge is 0.275 e. The molecule has 1 aliphatic rings. The lowest BCUT2D eigenvalue weighted by molar-refractivity contribution is -0.123. The monoisotopic (exact) mass is 400 g/mol. The van der Waals surface area contributed by atoms with Gasteiger partial charge in [0.2, 0.25) is 0 Å². The van der Waals surface area contributed by atoms with Gasteiger partial charge in [-0.2, -0.15) is 0 Å². The third-order valence-corrected chi connectivity index (χ3v) is 5.11. The summed E-state index contributed by atoms with van der Waals surface area (Å²) in [4.78, 5) is 28.9. The minimum Gasteiger partial charge on any atom is -0.362 e. The van der Waals surface area contributed by atoms with E-state index in [0.29, 0.717) is 5.69 Å². The Labute approximate surface area is 162 Å². The zero-order valence-electron chi connectivity index (χ0n) is 14.6. The number of nitrogens with zero attached hydrogens (tertiary/aromatic N) is 1. The molecular formula is C19H14F2N4O2S. The van der Waals surface area contributed by atoms with Crippen molar-refractivity contribution in [3.05, 3.63) is 59.3 Å². The molecule has 3 aromatic rings. The van der Waals surface area contributed by atoms with Crippen LogP contribution in [0.3, 0.4) is 0 Å². The standard InChI is InChI=1S/C19H14F2N4O2S/c1-2-22-19-24-12-7-6-9(8-13(12)28-19)23-16-14(17(26)25-18(16)27)10-4-3-5-11(20)15(10)21/h3-8H,2H2,1H3,(H,22,24)(H2,23,25,26,27). The van der Waals surface area contributed by atoms with E-state index in [1.54, 1.807) is 18.2 Å². The van der Waals surface area contributed by atoms with Gasteiger partial charge in [-0.15, -0.1) is 0 Å². The van der Waals surface area contributed by atoms with E-state index in [1.807, 2.05) is 6.92 Å². The summed E-state index contributed by atoms with van der Waals surface area (Å²) >= 11 is 1.44. The molecule has 0 spiro atoms. The van der Waals surface area contributed by atoms with Gasteiger partial charge in [0.1, 0.15) is 5.70 Å². The number of thiazole rings is 1. The van der Waals surface area contributed by atoms with Crippen molar-refractivity contribution in [2.24, 2.45) is 0 Å². The van der Waals surface area contributed by atoms with Gasteiger partial charge in [0, 0.05) is 17.8 Å². The quantitative estimate of drug-likeness (QED) is 0.571. The Hall–Kier alpha value is -3.33. The van der Waals surface area contributed by atoms with E-state index in [9.17, 15) is 18.4 Å². The van der Waals surface area contributed by atoms with Crippen LogP contribution in [0.25, 0.3) is 15.8 Å². The average molecular weight is 400 g/mol. The molecule has 1 aliphatic heterocycles. The summed E-state index contributed by atoms with van der Waals surface area (Å²) in [6, 6.07) is 8.72. The predicted octanol–water partition coefficient (Wildman–Crippen LogP) is 3.49. The maximum Gasteiger partial charge on any atom is 0.275 e. The van der Waals surface area contributed by atoms with Crippen LogP contribution in [0.5, 0.6) is 0 Å². The zero-order valence-corrected chi connectivity index (χ0v) is 15.4. The summed E-state index contributed by atoms with van der Waals surface area (Å²) in [5.41, 5.74) is 0.654. The van der Waals surface area contributed by atoms with Crippen LogP contribution in [0.4, 0.5) is 19.6 Å². The zero-order chi connectivity index (χ0) is 19.8. The van der Waals surface area contributed by atoms with Crippen molar-refractivity contribution in [3.63, 3.8) is 0 Å². The van der Waals surface area contributed by atoms with Gasteiger partial charge in [0.05, 0.1) is 15.8 Å². The van der Waals surface area contributed by atoms with Crippen molar-refractivity contribution in [1.82, 2.24) is 10.3 Å². The number of aromatic nitrogens is 1. The molecule has 2 amide bonds. The molecule has 9 heteroatoms. The molecule has 0 atom stereocenters. The number of imide groups is 1. The van der Waals surface area contributed by atoms with Gasteiger partial charge in [-0.05, 0) is 31.2 Å². The van der Waals surface area contributed by atoms with E-state index in [1.165, 1.54) is 23.5 Å². The van der Waals surface area contributed by atoms with Crippen molar-refractivity contribution in [2.75, 3.05) is 17.2 Å². The van der Waals surface area contributed by atoms with Gasteiger partial charge in [-0.1, -0.05) is 23.5 Å². The van der Waals surface area contributed by atoms with Crippen LogP contribution in [0.15, 0.2) is 42.1 Å². The summed E-state index contributed by atoms with van der Waals surface area (Å²) in [6.07, 6.45) is 0. The van der Waals surface area contributed by atoms with E-state index in [-0.39, 0.29) is 16.8 Å². The maximum absolute atomic E-state index is 14.2. The first-order chi connectivity index (χ1) is 13.5. The van der Waals surface area contributed by atoms with Crippen molar-refractivity contribution in [1.29, 1.82) is 0 Å². The largest absolute Gasteiger partial charge is 0.362 e. The van der Waals surface area contributed by atoms with E-state index < -0.39 is 23.4 Å². The molecule has 2 heterocycles. The molecule has 0 bridgehead atoms. The molecule has 6 nitrogen and oxygen atoms in total. The van der Waals surface area contributed by atoms with E-state index >= 15 is 0 Å². The van der Waals surface area contributed by atoms with Gasteiger partial charge >= 0.3 is 0 Å². The topological polar surface area (TPSA) is 83.1 Å². The average Bonchev–Trinajstić information content (AvgIpc) is 3.18. The van der Waals surface area contributed by atoms with Crippen molar-refractivity contribution in [3.8, 4) is 0 Å². The van der Waals surface area contributed by atoms with Crippen molar-refractivity contribution >= 4 is 49.8 Å². The number of halogens is 2. The Bertz CT molecular complexity index is 1160. The number of nitrogens with one attached hydrogen (secondary N) is 3. The third-order valence-electron chi connectivity index (χ3n) is 4.14.